The molecule has 0 aliphatic heterocycles. The van der Waals surface area contributed by atoms with Gasteiger partial charge in [-0.2, -0.15) is 11.8 Å². The predicted molar refractivity (Wildman–Crippen MR) is 59.3 cm³/mol. The van der Waals surface area contributed by atoms with Gasteiger partial charge < -0.3 is 9.47 Å². The summed E-state index contributed by atoms with van der Waals surface area (Å²) in [5.74, 6) is 0.908. The van der Waals surface area contributed by atoms with Crippen LogP contribution in [0.5, 0.6) is 0 Å². The smallest absolute Gasteiger partial charge is 0.166 e. The van der Waals surface area contributed by atoms with E-state index in [9.17, 15) is 0 Å². The van der Waals surface area contributed by atoms with Gasteiger partial charge in [-0.25, -0.2) is 0 Å². The van der Waals surface area contributed by atoms with Gasteiger partial charge in [0.25, 0.3) is 0 Å². The van der Waals surface area contributed by atoms with E-state index in [1.54, 1.807) is 0 Å². The lowest BCUT2D eigenvalue weighted by Gasteiger charge is -2.22. The molecular formula is C10H22O2S. The maximum absolute atomic E-state index is 5.43. The highest BCUT2D eigenvalue weighted by Crippen LogP contribution is 2.24. The lowest BCUT2D eigenvalue weighted by Crippen LogP contribution is -2.23. The average molecular weight is 206 g/mol. The summed E-state index contributed by atoms with van der Waals surface area (Å²) in [7, 11) is 0. The SMILES string of the molecule is CCOC(CSC(C)(C)C)OCC. The van der Waals surface area contributed by atoms with Crippen molar-refractivity contribution in [1.29, 1.82) is 0 Å². The minimum atomic E-state index is -0.0424. The molecule has 0 saturated heterocycles. The van der Waals surface area contributed by atoms with Crippen LogP contribution in [0, 0.1) is 0 Å². The van der Waals surface area contributed by atoms with Crippen molar-refractivity contribution in [1.82, 2.24) is 0 Å². The van der Waals surface area contributed by atoms with E-state index in [0.29, 0.717) is 0 Å². The van der Waals surface area contributed by atoms with Crippen LogP contribution in [0.1, 0.15) is 34.6 Å². The summed E-state index contributed by atoms with van der Waals surface area (Å²) in [6, 6.07) is 0. The Kier molecular flexibility index (Phi) is 6.82. The van der Waals surface area contributed by atoms with E-state index in [1.165, 1.54) is 0 Å². The standard InChI is InChI=1S/C10H22O2S/c1-6-11-9(12-7-2)8-13-10(3,4)5/h9H,6-8H2,1-5H3. The summed E-state index contributed by atoms with van der Waals surface area (Å²) in [5, 5.41) is 0. The topological polar surface area (TPSA) is 18.5 Å². The lowest BCUT2D eigenvalue weighted by atomic mass is 10.3. The van der Waals surface area contributed by atoms with Crippen molar-refractivity contribution in [3.8, 4) is 0 Å². The summed E-state index contributed by atoms with van der Waals surface area (Å²) >= 11 is 1.87. The fraction of sp³-hybridized carbons (Fsp3) is 1.00. The van der Waals surface area contributed by atoms with Gasteiger partial charge in [-0.1, -0.05) is 20.8 Å². The molecule has 0 fully saturated rings. The number of thioether (sulfide) groups is 1. The van der Waals surface area contributed by atoms with E-state index in [2.05, 4.69) is 20.8 Å². The highest BCUT2D eigenvalue weighted by Gasteiger charge is 2.15. The van der Waals surface area contributed by atoms with Crippen LogP contribution in [0.4, 0.5) is 0 Å². The molecule has 0 unspecified atom stereocenters. The third kappa shape index (κ3) is 8.60. The van der Waals surface area contributed by atoms with Gasteiger partial charge in [0, 0.05) is 23.7 Å². The minimum absolute atomic E-state index is 0.0424. The summed E-state index contributed by atoms with van der Waals surface area (Å²) in [5.41, 5.74) is 0. The zero-order chi connectivity index (χ0) is 10.3. The molecule has 80 valence electrons. The predicted octanol–water partition coefficient (Wildman–Crippen LogP) is 2.92. The Bertz CT molecular complexity index is 115. The third-order valence-corrected chi connectivity index (χ3v) is 2.66. The van der Waals surface area contributed by atoms with Crippen LogP contribution < -0.4 is 0 Å². The molecule has 2 nitrogen and oxygen atoms in total. The molecular weight excluding hydrogens is 184 g/mol. The van der Waals surface area contributed by atoms with Gasteiger partial charge in [0.05, 0.1) is 0 Å². The van der Waals surface area contributed by atoms with Gasteiger partial charge in [-0.05, 0) is 13.8 Å². The van der Waals surface area contributed by atoms with E-state index in [1.807, 2.05) is 25.6 Å². The number of ether oxygens (including phenoxy) is 2. The number of hydrogen-bond donors (Lipinski definition) is 0. The minimum Gasteiger partial charge on any atom is -0.352 e. The number of hydrogen-bond acceptors (Lipinski definition) is 3. The monoisotopic (exact) mass is 206 g/mol. The van der Waals surface area contributed by atoms with Crippen molar-refractivity contribution in [3.63, 3.8) is 0 Å². The number of rotatable bonds is 6. The van der Waals surface area contributed by atoms with E-state index in [4.69, 9.17) is 9.47 Å². The first-order chi connectivity index (χ1) is 5.99. The highest BCUT2D eigenvalue weighted by atomic mass is 32.2. The van der Waals surface area contributed by atoms with Crippen LogP contribution in [0.15, 0.2) is 0 Å². The first-order valence-corrected chi connectivity index (χ1v) is 5.85. The Morgan fingerprint density at radius 2 is 1.54 bits per heavy atom. The van der Waals surface area contributed by atoms with Crippen LogP contribution >= 0.6 is 11.8 Å². The van der Waals surface area contributed by atoms with E-state index < -0.39 is 0 Å². The zero-order valence-electron chi connectivity index (χ0n) is 9.42. The largest absolute Gasteiger partial charge is 0.352 e. The van der Waals surface area contributed by atoms with Crippen molar-refractivity contribution in [2.24, 2.45) is 0 Å². The Balaban J connectivity index is 3.68. The normalized spacial score (nSPS) is 12.5. The van der Waals surface area contributed by atoms with E-state index in [-0.39, 0.29) is 11.0 Å². The summed E-state index contributed by atoms with van der Waals surface area (Å²) < 4.78 is 11.2. The van der Waals surface area contributed by atoms with Crippen LogP contribution in [0.25, 0.3) is 0 Å². The third-order valence-electron chi connectivity index (χ3n) is 1.36. The Hall–Kier alpha value is 0.270. The molecule has 0 amide bonds. The first kappa shape index (κ1) is 13.3. The van der Waals surface area contributed by atoms with Gasteiger partial charge in [0.1, 0.15) is 0 Å². The highest BCUT2D eigenvalue weighted by molar-refractivity contribution is 8.00. The van der Waals surface area contributed by atoms with Crippen LogP contribution in [0.3, 0.4) is 0 Å². The molecule has 0 aromatic heterocycles. The van der Waals surface area contributed by atoms with Gasteiger partial charge in [0.2, 0.25) is 0 Å². The molecule has 0 bridgehead atoms. The summed E-state index contributed by atoms with van der Waals surface area (Å²) in [4.78, 5) is 0. The molecule has 3 heteroatoms. The molecule has 0 heterocycles. The molecule has 0 atom stereocenters. The van der Waals surface area contributed by atoms with Crippen molar-refractivity contribution >= 4 is 11.8 Å². The van der Waals surface area contributed by atoms with Gasteiger partial charge in [0.15, 0.2) is 6.29 Å². The van der Waals surface area contributed by atoms with Crippen molar-refractivity contribution in [2.75, 3.05) is 19.0 Å². The molecule has 0 radical (unpaired) electrons. The Morgan fingerprint density at radius 1 is 1.08 bits per heavy atom. The van der Waals surface area contributed by atoms with Gasteiger partial charge in [-0.15, -0.1) is 0 Å². The molecule has 0 spiro atoms. The van der Waals surface area contributed by atoms with Crippen LogP contribution in [0.2, 0.25) is 0 Å². The second-order valence-electron chi connectivity index (χ2n) is 3.76. The summed E-state index contributed by atoms with van der Waals surface area (Å²) in [6.07, 6.45) is -0.0424. The van der Waals surface area contributed by atoms with E-state index in [0.717, 1.165) is 19.0 Å². The molecule has 0 N–H and O–H groups in total. The molecule has 13 heavy (non-hydrogen) atoms. The molecule has 0 aliphatic carbocycles. The second kappa shape index (κ2) is 6.68. The molecule has 0 aliphatic rings. The molecule has 0 aromatic carbocycles. The lowest BCUT2D eigenvalue weighted by molar-refractivity contribution is -0.120. The fourth-order valence-electron chi connectivity index (χ4n) is 0.834. The zero-order valence-corrected chi connectivity index (χ0v) is 10.2. The maximum atomic E-state index is 5.43. The quantitative estimate of drug-likeness (QED) is 0.623. The van der Waals surface area contributed by atoms with Crippen molar-refractivity contribution < 1.29 is 9.47 Å². The molecule has 0 saturated carbocycles. The first-order valence-electron chi connectivity index (χ1n) is 4.86. The molecule has 0 aromatic rings. The van der Waals surface area contributed by atoms with Crippen molar-refractivity contribution in [3.05, 3.63) is 0 Å². The van der Waals surface area contributed by atoms with Gasteiger partial charge >= 0.3 is 0 Å². The maximum Gasteiger partial charge on any atom is 0.166 e. The van der Waals surface area contributed by atoms with Crippen molar-refractivity contribution in [2.45, 2.75) is 45.7 Å². The Morgan fingerprint density at radius 3 is 1.85 bits per heavy atom. The molecule has 0 rings (SSSR count). The van der Waals surface area contributed by atoms with Crippen LogP contribution in [-0.4, -0.2) is 30.0 Å². The summed E-state index contributed by atoms with van der Waals surface area (Å²) in [6.45, 7) is 12.0. The van der Waals surface area contributed by atoms with E-state index >= 15 is 0 Å². The van der Waals surface area contributed by atoms with Gasteiger partial charge in [-0.3, -0.25) is 0 Å². The van der Waals surface area contributed by atoms with Crippen LogP contribution in [-0.2, 0) is 9.47 Å². The second-order valence-corrected chi connectivity index (χ2v) is 5.61. The Labute approximate surface area is 86.4 Å². The average Bonchev–Trinajstić information content (AvgIpc) is 2.00. The fourth-order valence-corrected chi connectivity index (χ4v) is 1.66.